The van der Waals surface area contributed by atoms with Crippen molar-refractivity contribution in [1.29, 1.82) is 0 Å². The Morgan fingerprint density at radius 3 is 2.94 bits per heavy atom. The fourth-order valence-electron chi connectivity index (χ4n) is 1.32. The minimum atomic E-state index is -0.0453. The Kier molecular flexibility index (Phi) is 6.60. The van der Waals surface area contributed by atoms with Crippen LogP contribution in [-0.2, 0) is 0 Å². The van der Waals surface area contributed by atoms with Crippen LogP contribution in [0.25, 0.3) is 0 Å². The standard InChI is InChI=1S/C13H13BrINO/c1-2-3-4-5-8-16-13(17)11-9-10(15)6-7-12(11)14/h1,6-7,9H,3-5,8H2,(H,16,17). The Morgan fingerprint density at radius 1 is 1.47 bits per heavy atom. The number of amides is 1. The summed E-state index contributed by atoms with van der Waals surface area (Å²) in [7, 11) is 0. The molecule has 1 amide bonds. The number of terminal acetylenes is 1. The summed E-state index contributed by atoms with van der Waals surface area (Å²) in [6, 6.07) is 5.70. The molecule has 0 fully saturated rings. The molecule has 0 bridgehead atoms. The van der Waals surface area contributed by atoms with Gasteiger partial charge in [-0.2, -0.15) is 0 Å². The van der Waals surface area contributed by atoms with Crippen molar-refractivity contribution in [2.24, 2.45) is 0 Å². The van der Waals surface area contributed by atoms with Crippen LogP contribution < -0.4 is 5.32 Å². The third-order valence-electron chi connectivity index (χ3n) is 2.21. The maximum atomic E-state index is 11.9. The molecule has 1 rings (SSSR count). The summed E-state index contributed by atoms with van der Waals surface area (Å²) in [5.41, 5.74) is 0.675. The van der Waals surface area contributed by atoms with Crippen molar-refractivity contribution in [3.63, 3.8) is 0 Å². The van der Waals surface area contributed by atoms with Crippen LogP contribution >= 0.6 is 38.5 Å². The number of benzene rings is 1. The quantitative estimate of drug-likeness (QED) is 0.452. The third-order valence-corrected chi connectivity index (χ3v) is 3.57. The minimum absolute atomic E-state index is 0.0453. The topological polar surface area (TPSA) is 29.1 Å². The molecule has 0 aliphatic carbocycles. The summed E-state index contributed by atoms with van der Waals surface area (Å²) in [6.45, 7) is 0.665. The number of hydrogen-bond donors (Lipinski definition) is 1. The van der Waals surface area contributed by atoms with Crippen molar-refractivity contribution in [3.05, 3.63) is 31.8 Å². The maximum absolute atomic E-state index is 11.9. The summed E-state index contributed by atoms with van der Waals surface area (Å²) in [4.78, 5) is 11.9. The molecule has 4 heteroatoms. The summed E-state index contributed by atoms with van der Waals surface area (Å²) in [5.74, 6) is 2.54. The number of rotatable bonds is 5. The predicted octanol–water partition coefficient (Wildman–Crippen LogP) is 3.59. The highest BCUT2D eigenvalue weighted by molar-refractivity contribution is 14.1. The Hall–Kier alpha value is -0.540. The van der Waals surface area contributed by atoms with E-state index >= 15 is 0 Å². The zero-order valence-electron chi connectivity index (χ0n) is 9.30. The molecule has 0 aliphatic rings. The van der Waals surface area contributed by atoms with Crippen molar-refractivity contribution < 1.29 is 4.79 Å². The average molecular weight is 406 g/mol. The van der Waals surface area contributed by atoms with Gasteiger partial charge in [-0.1, -0.05) is 0 Å². The molecule has 1 aromatic rings. The van der Waals surface area contributed by atoms with Crippen molar-refractivity contribution >= 4 is 44.4 Å². The second-order valence-electron chi connectivity index (χ2n) is 3.54. The van der Waals surface area contributed by atoms with Gasteiger partial charge in [-0.25, -0.2) is 0 Å². The molecule has 2 nitrogen and oxygen atoms in total. The molecule has 1 aromatic carbocycles. The van der Waals surface area contributed by atoms with Gasteiger partial charge in [0.25, 0.3) is 5.91 Å². The molecular weight excluding hydrogens is 393 g/mol. The van der Waals surface area contributed by atoms with Crippen LogP contribution in [0.1, 0.15) is 29.6 Å². The van der Waals surface area contributed by atoms with E-state index in [4.69, 9.17) is 6.42 Å². The monoisotopic (exact) mass is 405 g/mol. The molecule has 0 unspecified atom stereocenters. The first-order chi connectivity index (χ1) is 8.15. The summed E-state index contributed by atoms with van der Waals surface area (Å²) < 4.78 is 1.86. The summed E-state index contributed by atoms with van der Waals surface area (Å²) in [6.07, 6.45) is 7.78. The average Bonchev–Trinajstić information content (AvgIpc) is 2.32. The zero-order valence-corrected chi connectivity index (χ0v) is 13.0. The Balaban J connectivity index is 2.47. The van der Waals surface area contributed by atoms with E-state index in [0.29, 0.717) is 12.1 Å². The van der Waals surface area contributed by atoms with Gasteiger partial charge < -0.3 is 5.32 Å². The van der Waals surface area contributed by atoms with Gasteiger partial charge in [0.1, 0.15) is 0 Å². The fourth-order valence-corrected chi connectivity index (χ4v) is 2.24. The second kappa shape index (κ2) is 7.72. The Labute approximate surface area is 124 Å². The minimum Gasteiger partial charge on any atom is -0.352 e. The number of nitrogens with one attached hydrogen (secondary N) is 1. The van der Waals surface area contributed by atoms with E-state index < -0.39 is 0 Å². The van der Waals surface area contributed by atoms with E-state index in [2.05, 4.69) is 49.8 Å². The van der Waals surface area contributed by atoms with Crippen LogP contribution in [0.15, 0.2) is 22.7 Å². The third kappa shape index (κ3) is 5.09. The van der Waals surface area contributed by atoms with Gasteiger partial charge in [-0.3, -0.25) is 4.79 Å². The van der Waals surface area contributed by atoms with Crippen LogP contribution in [0, 0.1) is 15.9 Å². The number of hydrogen-bond acceptors (Lipinski definition) is 1. The van der Waals surface area contributed by atoms with E-state index in [9.17, 15) is 4.79 Å². The van der Waals surface area contributed by atoms with Crippen LogP contribution in [-0.4, -0.2) is 12.5 Å². The first kappa shape index (κ1) is 14.5. The van der Waals surface area contributed by atoms with E-state index in [0.717, 1.165) is 27.3 Å². The lowest BCUT2D eigenvalue weighted by Crippen LogP contribution is -2.24. The van der Waals surface area contributed by atoms with Gasteiger partial charge in [0.05, 0.1) is 5.56 Å². The summed E-state index contributed by atoms with van der Waals surface area (Å²) in [5, 5.41) is 2.89. The lowest BCUT2D eigenvalue weighted by Gasteiger charge is -2.06. The molecule has 0 saturated heterocycles. The molecule has 0 radical (unpaired) electrons. The van der Waals surface area contributed by atoms with Gasteiger partial charge >= 0.3 is 0 Å². The van der Waals surface area contributed by atoms with Crippen molar-refractivity contribution in [2.75, 3.05) is 6.54 Å². The SMILES string of the molecule is C#CCCCCNC(=O)c1cc(I)ccc1Br. The van der Waals surface area contributed by atoms with Crippen LogP contribution in [0.3, 0.4) is 0 Å². The first-order valence-corrected chi connectivity index (χ1v) is 7.19. The normalized spacial score (nSPS) is 9.71. The molecule has 0 spiro atoms. The lowest BCUT2D eigenvalue weighted by molar-refractivity contribution is 0.0952. The highest BCUT2D eigenvalue weighted by atomic mass is 127. The Morgan fingerprint density at radius 2 is 2.24 bits per heavy atom. The number of carbonyl (C=O) groups is 1. The van der Waals surface area contributed by atoms with Gasteiger partial charge in [0.15, 0.2) is 0 Å². The van der Waals surface area contributed by atoms with Crippen LogP contribution in [0.2, 0.25) is 0 Å². The number of unbranched alkanes of at least 4 members (excludes halogenated alkanes) is 2. The zero-order chi connectivity index (χ0) is 12.7. The first-order valence-electron chi connectivity index (χ1n) is 5.32. The number of halogens is 2. The summed E-state index contributed by atoms with van der Waals surface area (Å²) >= 11 is 5.56. The fraction of sp³-hybridized carbons (Fsp3) is 0.308. The largest absolute Gasteiger partial charge is 0.352 e. The molecule has 90 valence electrons. The highest BCUT2D eigenvalue weighted by Crippen LogP contribution is 2.19. The van der Waals surface area contributed by atoms with Crippen LogP contribution in [0.5, 0.6) is 0 Å². The van der Waals surface area contributed by atoms with Crippen molar-refractivity contribution in [3.8, 4) is 12.3 Å². The molecule has 0 aromatic heterocycles. The maximum Gasteiger partial charge on any atom is 0.252 e. The molecule has 1 N–H and O–H groups in total. The molecular formula is C13H13BrINO. The lowest BCUT2D eigenvalue weighted by atomic mass is 10.2. The predicted molar refractivity (Wildman–Crippen MR) is 81.9 cm³/mol. The Bertz CT molecular complexity index is 440. The molecule has 0 atom stereocenters. The smallest absolute Gasteiger partial charge is 0.252 e. The van der Waals surface area contributed by atoms with E-state index in [1.54, 1.807) is 0 Å². The van der Waals surface area contributed by atoms with Gasteiger partial charge in [-0.05, 0) is 69.6 Å². The molecule has 0 aliphatic heterocycles. The van der Waals surface area contributed by atoms with Gasteiger partial charge in [0, 0.05) is 21.0 Å². The molecule has 0 saturated carbocycles. The highest BCUT2D eigenvalue weighted by Gasteiger charge is 2.09. The van der Waals surface area contributed by atoms with Crippen LogP contribution in [0.4, 0.5) is 0 Å². The molecule has 0 heterocycles. The van der Waals surface area contributed by atoms with E-state index in [-0.39, 0.29) is 5.91 Å². The van der Waals surface area contributed by atoms with Gasteiger partial charge in [0.2, 0.25) is 0 Å². The van der Waals surface area contributed by atoms with Crippen molar-refractivity contribution in [1.82, 2.24) is 5.32 Å². The van der Waals surface area contributed by atoms with E-state index in [1.165, 1.54) is 0 Å². The van der Waals surface area contributed by atoms with E-state index in [1.807, 2.05) is 18.2 Å². The second-order valence-corrected chi connectivity index (χ2v) is 5.64. The van der Waals surface area contributed by atoms with Crippen molar-refractivity contribution in [2.45, 2.75) is 19.3 Å². The molecule has 17 heavy (non-hydrogen) atoms. The van der Waals surface area contributed by atoms with Gasteiger partial charge in [-0.15, -0.1) is 12.3 Å². The number of carbonyl (C=O) groups excluding carboxylic acids is 1.